The molecule has 0 aliphatic rings. The molecular weight excluding hydrogens is 422 g/mol. The fraction of sp³-hybridized carbons (Fsp3) is 0. The highest BCUT2D eigenvalue weighted by molar-refractivity contribution is 9.10. The SMILES string of the molecule is Nc1cc(Cl)ccc1S(=O)(=O)Nc1ccc(Br)c(Cl)c1Cl. The van der Waals surface area contributed by atoms with E-state index in [1.54, 1.807) is 6.07 Å². The van der Waals surface area contributed by atoms with Crippen LogP contribution >= 0.6 is 50.7 Å². The van der Waals surface area contributed by atoms with Gasteiger partial charge in [-0.1, -0.05) is 34.8 Å². The molecular formula is C12H8BrCl3N2O2S. The second kappa shape index (κ2) is 6.22. The highest BCUT2D eigenvalue weighted by atomic mass is 79.9. The monoisotopic (exact) mass is 428 g/mol. The van der Waals surface area contributed by atoms with Crippen molar-refractivity contribution in [3.05, 3.63) is 49.9 Å². The van der Waals surface area contributed by atoms with Gasteiger partial charge in [-0.05, 0) is 46.3 Å². The number of nitrogens with one attached hydrogen (secondary N) is 1. The van der Waals surface area contributed by atoms with E-state index in [4.69, 9.17) is 40.5 Å². The van der Waals surface area contributed by atoms with Crippen molar-refractivity contribution in [1.82, 2.24) is 0 Å². The summed E-state index contributed by atoms with van der Waals surface area (Å²) >= 11 is 20.9. The van der Waals surface area contributed by atoms with Crippen LogP contribution in [0.3, 0.4) is 0 Å². The second-order valence-corrected chi connectivity index (χ2v) is 7.71. The topological polar surface area (TPSA) is 72.2 Å². The summed E-state index contributed by atoms with van der Waals surface area (Å²) in [5.41, 5.74) is 5.87. The molecule has 4 nitrogen and oxygen atoms in total. The van der Waals surface area contributed by atoms with Crippen molar-refractivity contribution in [2.24, 2.45) is 0 Å². The molecule has 0 bridgehead atoms. The molecule has 0 aliphatic carbocycles. The summed E-state index contributed by atoms with van der Waals surface area (Å²) in [7, 11) is -3.90. The summed E-state index contributed by atoms with van der Waals surface area (Å²) in [6.07, 6.45) is 0. The normalized spacial score (nSPS) is 11.4. The van der Waals surface area contributed by atoms with E-state index in [2.05, 4.69) is 20.7 Å². The van der Waals surface area contributed by atoms with Crippen molar-refractivity contribution in [2.75, 3.05) is 10.5 Å². The maximum Gasteiger partial charge on any atom is 0.263 e. The number of sulfonamides is 1. The van der Waals surface area contributed by atoms with Crippen LogP contribution in [0.25, 0.3) is 0 Å². The predicted octanol–water partition coefficient (Wildman–Crippen LogP) is 4.79. The number of benzene rings is 2. The molecule has 0 aromatic heterocycles. The zero-order chi connectivity index (χ0) is 15.8. The van der Waals surface area contributed by atoms with Gasteiger partial charge in [0.2, 0.25) is 0 Å². The minimum Gasteiger partial charge on any atom is -0.398 e. The Hall–Kier alpha value is -0.660. The lowest BCUT2D eigenvalue weighted by molar-refractivity contribution is 0.601. The Morgan fingerprint density at radius 1 is 1.05 bits per heavy atom. The third-order valence-corrected chi connectivity index (χ3v) is 5.99. The molecule has 0 aliphatic heterocycles. The Balaban J connectivity index is 2.45. The summed E-state index contributed by atoms with van der Waals surface area (Å²) in [6.45, 7) is 0. The fourth-order valence-electron chi connectivity index (χ4n) is 1.57. The van der Waals surface area contributed by atoms with Crippen LogP contribution in [-0.2, 0) is 10.0 Å². The summed E-state index contributed by atoms with van der Waals surface area (Å²) in [4.78, 5) is -0.0954. The molecule has 0 saturated carbocycles. The molecule has 112 valence electrons. The van der Waals surface area contributed by atoms with Crippen molar-refractivity contribution in [2.45, 2.75) is 4.90 Å². The summed E-state index contributed by atoms with van der Waals surface area (Å²) in [5, 5.41) is 0.638. The number of nitrogens with two attached hydrogens (primary N) is 1. The van der Waals surface area contributed by atoms with Gasteiger partial charge in [-0.2, -0.15) is 0 Å². The average molecular weight is 431 g/mol. The van der Waals surface area contributed by atoms with E-state index in [-0.39, 0.29) is 26.3 Å². The van der Waals surface area contributed by atoms with Gasteiger partial charge < -0.3 is 5.73 Å². The van der Waals surface area contributed by atoms with Crippen LogP contribution in [0, 0.1) is 0 Å². The maximum atomic E-state index is 12.3. The highest BCUT2D eigenvalue weighted by Gasteiger charge is 2.20. The Labute approximate surface area is 145 Å². The minimum absolute atomic E-state index is 0.0364. The van der Waals surface area contributed by atoms with Crippen molar-refractivity contribution >= 4 is 72.1 Å². The first-order chi connectivity index (χ1) is 9.72. The van der Waals surface area contributed by atoms with Crippen molar-refractivity contribution in [3.8, 4) is 0 Å². The third-order valence-electron chi connectivity index (χ3n) is 2.54. The van der Waals surface area contributed by atoms with Crippen LogP contribution in [0.15, 0.2) is 39.7 Å². The van der Waals surface area contributed by atoms with E-state index in [9.17, 15) is 8.42 Å². The molecule has 9 heteroatoms. The highest BCUT2D eigenvalue weighted by Crippen LogP contribution is 2.37. The maximum absolute atomic E-state index is 12.3. The van der Waals surface area contributed by atoms with Crippen LogP contribution in [0.1, 0.15) is 0 Å². The van der Waals surface area contributed by atoms with Crippen molar-refractivity contribution in [3.63, 3.8) is 0 Å². The minimum atomic E-state index is -3.90. The van der Waals surface area contributed by atoms with Gasteiger partial charge >= 0.3 is 0 Å². The molecule has 2 rings (SSSR count). The van der Waals surface area contributed by atoms with E-state index in [1.165, 1.54) is 24.3 Å². The molecule has 0 fully saturated rings. The molecule has 0 atom stereocenters. The summed E-state index contributed by atoms with van der Waals surface area (Å²) < 4.78 is 27.6. The van der Waals surface area contributed by atoms with Crippen LogP contribution < -0.4 is 10.5 Å². The lowest BCUT2D eigenvalue weighted by Gasteiger charge is -2.12. The molecule has 0 amide bonds. The van der Waals surface area contributed by atoms with Crippen LogP contribution in [0.2, 0.25) is 15.1 Å². The zero-order valence-electron chi connectivity index (χ0n) is 10.2. The molecule has 0 saturated heterocycles. The first-order valence-electron chi connectivity index (χ1n) is 5.43. The van der Waals surface area contributed by atoms with Crippen LogP contribution in [-0.4, -0.2) is 8.42 Å². The van der Waals surface area contributed by atoms with E-state index < -0.39 is 10.0 Å². The van der Waals surface area contributed by atoms with E-state index in [1.807, 2.05) is 0 Å². The molecule has 21 heavy (non-hydrogen) atoms. The van der Waals surface area contributed by atoms with Gasteiger partial charge in [-0.3, -0.25) is 4.72 Å². The lowest BCUT2D eigenvalue weighted by atomic mass is 10.3. The van der Waals surface area contributed by atoms with E-state index in [0.29, 0.717) is 9.50 Å². The average Bonchev–Trinajstić information content (AvgIpc) is 2.39. The number of rotatable bonds is 3. The van der Waals surface area contributed by atoms with Crippen LogP contribution in [0.5, 0.6) is 0 Å². The van der Waals surface area contributed by atoms with Gasteiger partial charge in [0.05, 0.1) is 21.4 Å². The quantitative estimate of drug-likeness (QED) is 0.543. The molecule has 0 spiro atoms. The molecule has 0 unspecified atom stereocenters. The van der Waals surface area contributed by atoms with Gasteiger partial charge in [0.25, 0.3) is 10.0 Å². The summed E-state index contributed by atoms with van der Waals surface area (Å²) in [6, 6.07) is 7.17. The standard InChI is InChI=1S/C12H8BrCl3N2O2S/c13-7-2-3-9(12(16)11(7)15)18-21(19,20)10-4-1-6(14)5-8(10)17/h1-5,18H,17H2. The first kappa shape index (κ1) is 16.7. The second-order valence-electron chi connectivity index (χ2n) is 4.01. The first-order valence-corrected chi connectivity index (χ1v) is 8.84. The largest absolute Gasteiger partial charge is 0.398 e. The molecule has 0 radical (unpaired) electrons. The van der Waals surface area contributed by atoms with Crippen LogP contribution in [0.4, 0.5) is 11.4 Å². The summed E-state index contributed by atoms with van der Waals surface area (Å²) in [5.74, 6) is 0. The van der Waals surface area contributed by atoms with Gasteiger partial charge in [-0.15, -0.1) is 0 Å². The Morgan fingerprint density at radius 2 is 1.71 bits per heavy atom. The third kappa shape index (κ3) is 3.57. The van der Waals surface area contributed by atoms with Gasteiger partial charge in [-0.25, -0.2) is 8.42 Å². The number of halogens is 4. The Kier molecular flexibility index (Phi) is 4.95. The van der Waals surface area contributed by atoms with Gasteiger partial charge in [0.1, 0.15) is 4.90 Å². The Morgan fingerprint density at radius 3 is 2.33 bits per heavy atom. The smallest absolute Gasteiger partial charge is 0.263 e. The lowest BCUT2D eigenvalue weighted by Crippen LogP contribution is -2.15. The Bertz CT molecular complexity index is 812. The fourth-order valence-corrected chi connectivity index (χ4v) is 3.81. The predicted molar refractivity (Wildman–Crippen MR) is 90.8 cm³/mol. The van der Waals surface area contributed by atoms with Gasteiger partial charge in [0.15, 0.2) is 0 Å². The number of anilines is 2. The number of hydrogen-bond acceptors (Lipinski definition) is 3. The number of nitrogen functional groups attached to an aromatic ring is 1. The molecule has 2 aromatic carbocycles. The van der Waals surface area contributed by atoms with E-state index >= 15 is 0 Å². The number of hydrogen-bond donors (Lipinski definition) is 2. The van der Waals surface area contributed by atoms with Crippen molar-refractivity contribution < 1.29 is 8.42 Å². The molecule has 2 aromatic rings. The zero-order valence-corrected chi connectivity index (χ0v) is 14.9. The van der Waals surface area contributed by atoms with E-state index in [0.717, 1.165) is 0 Å². The molecule has 3 N–H and O–H groups in total. The van der Waals surface area contributed by atoms with Crippen molar-refractivity contribution in [1.29, 1.82) is 0 Å². The molecule has 0 heterocycles. The van der Waals surface area contributed by atoms with Gasteiger partial charge in [0, 0.05) is 9.50 Å².